The van der Waals surface area contributed by atoms with Gasteiger partial charge in [-0.25, -0.2) is 0 Å². The number of hydrogen-bond donors (Lipinski definition) is 0. The normalized spacial score (nSPS) is 9.68. The summed E-state index contributed by atoms with van der Waals surface area (Å²) in [6.07, 6.45) is 17.1. The molecule has 0 aromatic rings. The molecule has 0 bridgehead atoms. The summed E-state index contributed by atoms with van der Waals surface area (Å²) in [6.45, 7) is 2.26. The molecule has 0 heterocycles. The third-order valence-corrected chi connectivity index (χ3v) is 3.37. The topological polar surface area (TPSA) is 23.8 Å². The standard InChI is InChI=1S/C18H31N/c1-2-3-4-5-6-7-8-9-10-11-12-13-14-15-16-17-18-19/h2-8,11-17H2,1H3. The maximum Gasteiger partial charge on any atom is 0.0621 e. The minimum atomic E-state index is 0.720. The molecule has 0 saturated carbocycles. The van der Waals surface area contributed by atoms with Crippen LogP contribution in [-0.2, 0) is 0 Å². The number of hydrogen-bond acceptors (Lipinski definition) is 1. The summed E-state index contributed by atoms with van der Waals surface area (Å²) in [4.78, 5) is 0. The summed E-state index contributed by atoms with van der Waals surface area (Å²) in [6, 6.07) is 2.19. The average Bonchev–Trinajstić information content (AvgIpc) is 2.43. The molecule has 1 heteroatoms. The van der Waals surface area contributed by atoms with Gasteiger partial charge in [-0.15, -0.1) is 11.8 Å². The van der Waals surface area contributed by atoms with Crippen molar-refractivity contribution in [1.29, 1.82) is 5.26 Å². The second-order valence-corrected chi connectivity index (χ2v) is 5.30. The predicted octanol–water partition coefficient (Wildman–Crippen LogP) is 5.99. The smallest absolute Gasteiger partial charge is 0.0621 e. The Kier molecular flexibility index (Phi) is 16.2. The molecule has 19 heavy (non-hydrogen) atoms. The average molecular weight is 261 g/mol. The molecule has 0 aliphatic heterocycles. The number of rotatable bonds is 12. The Morgan fingerprint density at radius 3 is 1.47 bits per heavy atom. The van der Waals surface area contributed by atoms with Crippen LogP contribution in [-0.4, -0.2) is 0 Å². The lowest BCUT2D eigenvalue weighted by molar-refractivity contribution is 0.613. The van der Waals surface area contributed by atoms with Crippen molar-refractivity contribution in [3.8, 4) is 17.9 Å². The fourth-order valence-corrected chi connectivity index (χ4v) is 2.12. The number of nitrogens with zero attached hydrogens (tertiary/aromatic N) is 1. The molecule has 0 radical (unpaired) electrons. The Hall–Kier alpha value is -0.950. The van der Waals surface area contributed by atoms with Crippen molar-refractivity contribution in [2.75, 3.05) is 0 Å². The summed E-state index contributed by atoms with van der Waals surface area (Å²) in [5.41, 5.74) is 0. The van der Waals surface area contributed by atoms with Crippen molar-refractivity contribution in [1.82, 2.24) is 0 Å². The first-order valence-corrected chi connectivity index (χ1v) is 8.24. The molecule has 0 aliphatic rings. The SMILES string of the molecule is CCCCCCCCC#CCCCCCCCC#N. The van der Waals surface area contributed by atoms with Gasteiger partial charge in [0, 0.05) is 19.3 Å². The van der Waals surface area contributed by atoms with E-state index in [1.807, 2.05) is 0 Å². The van der Waals surface area contributed by atoms with Gasteiger partial charge in [-0.1, -0.05) is 58.3 Å². The fourth-order valence-electron chi connectivity index (χ4n) is 2.12. The molecule has 0 aromatic carbocycles. The molecule has 0 rings (SSSR count). The van der Waals surface area contributed by atoms with Crippen molar-refractivity contribution >= 4 is 0 Å². The van der Waals surface area contributed by atoms with E-state index < -0.39 is 0 Å². The lowest BCUT2D eigenvalue weighted by Gasteiger charge is -1.97. The molecule has 0 spiro atoms. The second kappa shape index (κ2) is 17.1. The Morgan fingerprint density at radius 2 is 1.00 bits per heavy atom. The van der Waals surface area contributed by atoms with Gasteiger partial charge >= 0.3 is 0 Å². The zero-order valence-electron chi connectivity index (χ0n) is 12.8. The number of nitriles is 1. The van der Waals surface area contributed by atoms with Crippen molar-refractivity contribution in [3.05, 3.63) is 0 Å². The Morgan fingerprint density at radius 1 is 0.579 bits per heavy atom. The van der Waals surface area contributed by atoms with Gasteiger partial charge in [0.1, 0.15) is 0 Å². The van der Waals surface area contributed by atoms with Crippen LogP contribution in [0.3, 0.4) is 0 Å². The first-order chi connectivity index (χ1) is 9.41. The molecule has 0 aliphatic carbocycles. The van der Waals surface area contributed by atoms with E-state index >= 15 is 0 Å². The van der Waals surface area contributed by atoms with E-state index in [0.717, 1.165) is 25.7 Å². The van der Waals surface area contributed by atoms with E-state index in [1.165, 1.54) is 64.2 Å². The van der Waals surface area contributed by atoms with Gasteiger partial charge < -0.3 is 0 Å². The molecule has 0 amide bonds. The van der Waals surface area contributed by atoms with Crippen molar-refractivity contribution in [2.24, 2.45) is 0 Å². The predicted molar refractivity (Wildman–Crippen MR) is 83.7 cm³/mol. The van der Waals surface area contributed by atoms with E-state index in [-0.39, 0.29) is 0 Å². The first-order valence-electron chi connectivity index (χ1n) is 8.24. The van der Waals surface area contributed by atoms with Crippen LogP contribution in [0.2, 0.25) is 0 Å². The minimum absolute atomic E-state index is 0.720. The summed E-state index contributed by atoms with van der Waals surface area (Å²) in [5, 5.41) is 8.40. The van der Waals surface area contributed by atoms with Crippen LogP contribution in [0.5, 0.6) is 0 Å². The zero-order valence-corrected chi connectivity index (χ0v) is 12.8. The van der Waals surface area contributed by atoms with Crippen LogP contribution in [0.1, 0.15) is 96.8 Å². The third-order valence-electron chi connectivity index (χ3n) is 3.37. The molecule has 0 N–H and O–H groups in total. The third kappa shape index (κ3) is 17.1. The molecule has 108 valence electrons. The molecule has 1 nitrogen and oxygen atoms in total. The largest absolute Gasteiger partial charge is 0.198 e. The molecule has 0 unspecified atom stereocenters. The van der Waals surface area contributed by atoms with E-state index in [4.69, 9.17) is 5.26 Å². The molecule has 0 aromatic heterocycles. The monoisotopic (exact) mass is 261 g/mol. The summed E-state index contributed by atoms with van der Waals surface area (Å²) < 4.78 is 0. The highest BCUT2D eigenvalue weighted by molar-refractivity contribution is 4.98. The van der Waals surface area contributed by atoms with Crippen LogP contribution in [0.15, 0.2) is 0 Å². The van der Waals surface area contributed by atoms with Gasteiger partial charge in [0.2, 0.25) is 0 Å². The Balaban J connectivity index is 3.08. The maximum atomic E-state index is 8.40. The fraction of sp³-hybridized carbons (Fsp3) is 0.833. The van der Waals surface area contributed by atoms with Crippen LogP contribution >= 0.6 is 0 Å². The van der Waals surface area contributed by atoms with Crippen LogP contribution in [0, 0.1) is 23.2 Å². The van der Waals surface area contributed by atoms with Gasteiger partial charge in [-0.2, -0.15) is 5.26 Å². The summed E-state index contributed by atoms with van der Waals surface area (Å²) in [7, 11) is 0. The van der Waals surface area contributed by atoms with Gasteiger partial charge in [-0.3, -0.25) is 0 Å². The molecular weight excluding hydrogens is 230 g/mol. The van der Waals surface area contributed by atoms with E-state index in [1.54, 1.807) is 0 Å². The Bertz CT molecular complexity index is 264. The quantitative estimate of drug-likeness (QED) is 0.312. The molecule has 0 fully saturated rings. The van der Waals surface area contributed by atoms with Gasteiger partial charge in [0.15, 0.2) is 0 Å². The minimum Gasteiger partial charge on any atom is -0.198 e. The lowest BCUT2D eigenvalue weighted by atomic mass is 10.1. The maximum absolute atomic E-state index is 8.40. The highest BCUT2D eigenvalue weighted by Crippen LogP contribution is 2.07. The van der Waals surface area contributed by atoms with Crippen LogP contribution < -0.4 is 0 Å². The Labute approximate surface area is 120 Å². The van der Waals surface area contributed by atoms with Gasteiger partial charge in [0.25, 0.3) is 0 Å². The molecule has 0 atom stereocenters. The highest BCUT2D eigenvalue weighted by Gasteiger charge is 1.90. The first kappa shape index (κ1) is 18.0. The van der Waals surface area contributed by atoms with Crippen molar-refractivity contribution < 1.29 is 0 Å². The zero-order chi connectivity index (χ0) is 14.0. The van der Waals surface area contributed by atoms with Crippen molar-refractivity contribution in [3.63, 3.8) is 0 Å². The highest BCUT2D eigenvalue weighted by atomic mass is 14.2. The lowest BCUT2D eigenvalue weighted by Crippen LogP contribution is -1.79. The van der Waals surface area contributed by atoms with Crippen LogP contribution in [0.4, 0.5) is 0 Å². The van der Waals surface area contributed by atoms with E-state index in [0.29, 0.717) is 0 Å². The molecular formula is C18H31N. The van der Waals surface area contributed by atoms with E-state index in [9.17, 15) is 0 Å². The van der Waals surface area contributed by atoms with Gasteiger partial charge in [0.05, 0.1) is 6.07 Å². The molecule has 0 saturated heterocycles. The van der Waals surface area contributed by atoms with Crippen molar-refractivity contribution in [2.45, 2.75) is 96.8 Å². The summed E-state index contributed by atoms with van der Waals surface area (Å²) >= 11 is 0. The van der Waals surface area contributed by atoms with Crippen LogP contribution in [0.25, 0.3) is 0 Å². The second-order valence-electron chi connectivity index (χ2n) is 5.30. The number of unbranched alkanes of at least 4 members (excludes halogenated alkanes) is 12. The van der Waals surface area contributed by atoms with Gasteiger partial charge in [-0.05, 0) is 19.3 Å². The van der Waals surface area contributed by atoms with E-state index in [2.05, 4.69) is 24.8 Å². The summed E-state index contributed by atoms with van der Waals surface area (Å²) in [5.74, 6) is 6.58.